The van der Waals surface area contributed by atoms with E-state index in [1.165, 1.54) is 19.3 Å². The Hall–Kier alpha value is -0.120. The summed E-state index contributed by atoms with van der Waals surface area (Å²) in [7, 11) is 1.71. The molecule has 0 saturated heterocycles. The van der Waals surface area contributed by atoms with Gasteiger partial charge in [0, 0.05) is 13.2 Å². The summed E-state index contributed by atoms with van der Waals surface area (Å²) in [6.07, 6.45) is 3.96. The van der Waals surface area contributed by atoms with Crippen LogP contribution in [-0.2, 0) is 4.74 Å². The normalized spacial score (nSPS) is 22.2. The molecule has 1 aliphatic rings. The zero-order valence-corrected chi connectivity index (χ0v) is 6.47. The van der Waals surface area contributed by atoms with Crippen molar-refractivity contribution in [3.63, 3.8) is 0 Å². The number of nitrogens with one attached hydrogen (secondary N) is 1. The molecule has 0 aliphatic heterocycles. The van der Waals surface area contributed by atoms with E-state index in [0.29, 0.717) is 6.04 Å². The van der Waals surface area contributed by atoms with Gasteiger partial charge >= 0.3 is 0 Å². The molecule has 0 radical (unpaired) electrons. The zero-order chi connectivity index (χ0) is 7.40. The highest BCUT2D eigenvalue weighted by Gasteiger charge is 2.25. The minimum absolute atomic E-state index is 0.374. The first-order valence-corrected chi connectivity index (χ1v) is 3.83. The van der Waals surface area contributed by atoms with Crippen molar-refractivity contribution in [2.24, 2.45) is 11.8 Å². The lowest BCUT2D eigenvalue weighted by Gasteiger charge is -2.32. The number of hydrogen-bond donors (Lipinski definition) is 2. The Morgan fingerprint density at radius 1 is 1.70 bits per heavy atom. The third-order valence-electron chi connectivity index (χ3n) is 2.28. The molecule has 0 amide bonds. The molecule has 1 unspecified atom stereocenters. The van der Waals surface area contributed by atoms with Crippen LogP contribution in [0.3, 0.4) is 0 Å². The lowest BCUT2D eigenvalue weighted by atomic mass is 9.80. The van der Waals surface area contributed by atoms with Crippen molar-refractivity contribution in [3.8, 4) is 0 Å². The number of nitrogens with two attached hydrogens (primary N) is 1. The van der Waals surface area contributed by atoms with Crippen molar-refractivity contribution < 1.29 is 4.74 Å². The molecule has 0 bridgehead atoms. The van der Waals surface area contributed by atoms with E-state index < -0.39 is 0 Å². The Morgan fingerprint density at radius 2 is 2.40 bits per heavy atom. The van der Waals surface area contributed by atoms with Crippen LogP contribution in [0.25, 0.3) is 0 Å². The maximum absolute atomic E-state index is 5.34. The average molecular weight is 144 g/mol. The average Bonchev–Trinajstić information content (AvgIpc) is 1.83. The fraction of sp³-hybridized carbons (Fsp3) is 1.00. The van der Waals surface area contributed by atoms with Gasteiger partial charge in [0.2, 0.25) is 0 Å². The van der Waals surface area contributed by atoms with Crippen LogP contribution < -0.4 is 11.3 Å². The molecule has 0 aromatic heterocycles. The molecule has 0 aromatic rings. The van der Waals surface area contributed by atoms with E-state index in [9.17, 15) is 0 Å². The van der Waals surface area contributed by atoms with Crippen molar-refractivity contribution in [2.45, 2.75) is 25.3 Å². The molecule has 1 saturated carbocycles. The number of hydrazine groups is 1. The van der Waals surface area contributed by atoms with Crippen LogP contribution in [0.5, 0.6) is 0 Å². The molecule has 3 nitrogen and oxygen atoms in total. The van der Waals surface area contributed by atoms with Gasteiger partial charge in [0.25, 0.3) is 0 Å². The summed E-state index contributed by atoms with van der Waals surface area (Å²) >= 11 is 0. The molecule has 3 heteroatoms. The number of ether oxygens (including phenoxy) is 1. The molecular weight excluding hydrogens is 128 g/mol. The molecular formula is C7H16N2O. The minimum Gasteiger partial charge on any atom is -0.383 e. The Balaban J connectivity index is 2.17. The molecule has 60 valence electrons. The first-order chi connectivity index (χ1) is 4.88. The second-order valence-corrected chi connectivity index (χ2v) is 2.92. The summed E-state index contributed by atoms with van der Waals surface area (Å²) in [5.41, 5.74) is 2.78. The van der Waals surface area contributed by atoms with Crippen LogP contribution in [0.15, 0.2) is 0 Å². The molecule has 1 fully saturated rings. The standard InChI is InChI=1S/C7H16N2O/c1-10-5-7(9-8)6-3-2-4-6/h6-7,9H,2-5,8H2,1H3. The SMILES string of the molecule is COCC(NN)C1CCC1. The van der Waals surface area contributed by atoms with E-state index in [1.807, 2.05) is 0 Å². The van der Waals surface area contributed by atoms with Crippen molar-refractivity contribution in [2.75, 3.05) is 13.7 Å². The topological polar surface area (TPSA) is 47.3 Å². The van der Waals surface area contributed by atoms with Gasteiger partial charge < -0.3 is 4.74 Å². The van der Waals surface area contributed by atoms with Gasteiger partial charge in [-0.05, 0) is 18.8 Å². The van der Waals surface area contributed by atoms with Gasteiger partial charge in [-0.2, -0.15) is 0 Å². The predicted octanol–water partition coefficient (Wildman–Crippen LogP) is 0.265. The highest BCUT2D eigenvalue weighted by Crippen LogP contribution is 2.29. The highest BCUT2D eigenvalue weighted by molar-refractivity contribution is 4.80. The summed E-state index contributed by atoms with van der Waals surface area (Å²) in [6.45, 7) is 0.737. The predicted molar refractivity (Wildman–Crippen MR) is 40.3 cm³/mol. The Bertz CT molecular complexity index is 93.6. The first kappa shape index (κ1) is 7.98. The second kappa shape index (κ2) is 3.91. The summed E-state index contributed by atoms with van der Waals surface area (Å²) in [5.74, 6) is 6.09. The Labute approximate surface area is 61.9 Å². The molecule has 10 heavy (non-hydrogen) atoms. The van der Waals surface area contributed by atoms with Crippen LogP contribution in [0, 0.1) is 5.92 Å². The summed E-state index contributed by atoms with van der Waals surface area (Å²) in [6, 6.07) is 0.374. The molecule has 3 N–H and O–H groups in total. The molecule has 1 aliphatic carbocycles. The second-order valence-electron chi connectivity index (χ2n) is 2.92. The molecule has 1 atom stereocenters. The summed E-state index contributed by atoms with van der Waals surface area (Å²) < 4.78 is 5.01. The van der Waals surface area contributed by atoms with Gasteiger partial charge in [-0.1, -0.05) is 6.42 Å². The molecule has 1 rings (SSSR count). The van der Waals surface area contributed by atoms with Crippen LogP contribution in [0.2, 0.25) is 0 Å². The van der Waals surface area contributed by atoms with Crippen molar-refractivity contribution >= 4 is 0 Å². The van der Waals surface area contributed by atoms with E-state index in [4.69, 9.17) is 10.6 Å². The van der Waals surface area contributed by atoms with Crippen LogP contribution in [-0.4, -0.2) is 19.8 Å². The minimum atomic E-state index is 0.374. The molecule has 0 aromatic carbocycles. The van der Waals surface area contributed by atoms with Crippen molar-refractivity contribution in [3.05, 3.63) is 0 Å². The quantitative estimate of drug-likeness (QED) is 0.439. The van der Waals surface area contributed by atoms with Gasteiger partial charge in [0.15, 0.2) is 0 Å². The Morgan fingerprint density at radius 3 is 2.70 bits per heavy atom. The largest absolute Gasteiger partial charge is 0.383 e. The number of methoxy groups -OCH3 is 1. The van der Waals surface area contributed by atoms with Gasteiger partial charge in [0.05, 0.1) is 6.61 Å². The highest BCUT2D eigenvalue weighted by atomic mass is 16.5. The van der Waals surface area contributed by atoms with Gasteiger partial charge in [-0.25, -0.2) is 0 Å². The monoisotopic (exact) mass is 144 g/mol. The fourth-order valence-electron chi connectivity index (χ4n) is 1.34. The third-order valence-corrected chi connectivity index (χ3v) is 2.28. The van der Waals surface area contributed by atoms with E-state index in [-0.39, 0.29) is 0 Å². The number of hydrogen-bond acceptors (Lipinski definition) is 3. The first-order valence-electron chi connectivity index (χ1n) is 3.83. The van der Waals surface area contributed by atoms with Crippen LogP contribution >= 0.6 is 0 Å². The lowest BCUT2D eigenvalue weighted by Crippen LogP contribution is -2.46. The molecule has 0 spiro atoms. The summed E-state index contributed by atoms with van der Waals surface area (Å²) in [4.78, 5) is 0. The van der Waals surface area contributed by atoms with Crippen LogP contribution in [0.1, 0.15) is 19.3 Å². The van der Waals surface area contributed by atoms with E-state index in [1.54, 1.807) is 7.11 Å². The maximum atomic E-state index is 5.34. The zero-order valence-electron chi connectivity index (χ0n) is 6.47. The Kier molecular flexibility index (Phi) is 3.12. The van der Waals surface area contributed by atoms with E-state index in [0.717, 1.165) is 12.5 Å². The van der Waals surface area contributed by atoms with Gasteiger partial charge in [-0.15, -0.1) is 0 Å². The third kappa shape index (κ3) is 1.68. The smallest absolute Gasteiger partial charge is 0.0632 e. The lowest BCUT2D eigenvalue weighted by molar-refractivity contribution is 0.111. The fourth-order valence-corrected chi connectivity index (χ4v) is 1.34. The van der Waals surface area contributed by atoms with Crippen molar-refractivity contribution in [1.82, 2.24) is 5.43 Å². The maximum Gasteiger partial charge on any atom is 0.0632 e. The van der Waals surface area contributed by atoms with E-state index >= 15 is 0 Å². The summed E-state index contributed by atoms with van der Waals surface area (Å²) in [5, 5.41) is 0. The van der Waals surface area contributed by atoms with Gasteiger partial charge in [0.1, 0.15) is 0 Å². The van der Waals surface area contributed by atoms with Gasteiger partial charge in [-0.3, -0.25) is 11.3 Å². The molecule has 0 heterocycles. The van der Waals surface area contributed by atoms with Crippen LogP contribution in [0.4, 0.5) is 0 Å². The van der Waals surface area contributed by atoms with Crippen molar-refractivity contribution in [1.29, 1.82) is 0 Å². The number of rotatable bonds is 4. The van der Waals surface area contributed by atoms with E-state index in [2.05, 4.69) is 5.43 Å².